The highest BCUT2D eigenvalue weighted by molar-refractivity contribution is 5.85. The van der Waals surface area contributed by atoms with Gasteiger partial charge in [-0.25, -0.2) is 14.2 Å². The van der Waals surface area contributed by atoms with Crippen LogP contribution in [0, 0.1) is 12.7 Å². The molecule has 2 aromatic heterocycles. The number of aryl methyl sites for hydroxylation is 1. The Morgan fingerprint density at radius 3 is 2.56 bits per heavy atom. The van der Waals surface area contributed by atoms with E-state index in [4.69, 9.17) is 14.5 Å². The molecule has 0 spiro atoms. The number of aliphatic hydroxyl groups is 1. The van der Waals surface area contributed by atoms with Crippen molar-refractivity contribution in [3.05, 3.63) is 97.1 Å². The zero-order valence-corrected chi connectivity index (χ0v) is 26.0. The molecular formula is C36H40FN3O5. The van der Waals surface area contributed by atoms with Gasteiger partial charge in [0, 0.05) is 54.7 Å². The number of hydrogen-bond donors (Lipinski definition) is 2. The maximum atomic E-state index is 14.2. The van der Waals surface area contributed by atoms with Crippen molar-refractivity contribution >= 4 is 17.3 Å². The van der Waals surface area contributed by atoms with E-state index in [0.29, 0.717) is 72.9 Å². The molecule has 0 amide bonds. The van der Waals surface area contributed by atoms with E-state index in [1.807, 2.05) is 41.8 Å². The maximum absolute atomic E-state index is 14.2. The van der Waals surface area contributed by atoms with Gasteiger partial charge < -0.3 is 29.0 Å². The number of nitrogens with zero attached hydrogens (tertiary/aromatic N) is 3. The lowest BCUT2D eigenvalue weighted by Gasteiger charge is -2.41. The summed E-state index contributed by atoms with van der Waals surface area (Å²) in [5, 5.41) is 20.7. The molecule has 2 atom stereocenters. The molecule has 2 N–H and O–H groups in total. The van der Waals surface area contributed by atoms with Crippen LogP contribution in [0.2, 0.25) is 0 Å². The minimum Gasteiger partial charge on any atom is -0.490 e. The number of ether oxygens (including phenoxy) is 2. The molecule has 9 heteroatoms. The Labute approximate surface area is 263 Å². The van der Waals surface area contributed by atoms with E-state index < -0.39 is 12.1 Å². The van der Waals surface area contributed by atoms with Crippen molar-refractivity contribution in [3.63, 3.8) is 0 Å². The van der Waals surface area contributed by atoms with Crippen molar-refractivity contribution in [1.82, 2.24) is 9.38 Å². The lowest BCUT2D eigenvalue weighted by atomic mass is 9.92. The molecular weight excluding hydrogens is 573 g/mol. The molecule has 1 fully saturated rings. The molecule has 0 saturated carbocycles. The summed E-state index contributed by atoms with van der Waals surface area (Å²) in [7, 11) is 0. The van der Waals surface area contributed by atoms with Gasteiger partial charge in [0.05, 0.1) is 29.7 Å². The van der Waals surface area contributed by atoms with Crippen molar-refractivity contribution in [3.8, 4) is 28.1 Å². The molecule has 45 heavy (non-hydrogen) atoms. The molecule has 1 unspecified atom stereocenters. The Bertz CT molecular complexity index is 1720. The van der Waals surface area contributed by atoms with Crippen molar-refractivity contribution < 1.29 is 28.9 Å². The largest absolute Gasteiger partial charge is 0.490 e. The Kier molecular flexibility index (Phi) is 9.41. The number of aliphatic hydroxyl groups excluding tert-OH is 1. The van der Waals surface area contributed by atoms with E-state index in [9.17, 15) is 19.4 Å². The highest BCUT2D eigenvalue weighted by atomic mass is 19.1. The number of imidazole rings is 1. The summed E-state index contributed by atoms with van der Waals surface area (Å²) in [6.45, 7) is 15.0. The van der Waals surface area contributed by atoms with Gasteiger partial charge in [-0.05, 0) is 62.9 Å². The Morgan fingerprint density at radius 2 is 1.87 bits per heavy atom. The summed E-state index contributed by atoms with van der Waals surface area (Å²) >= 11 is 0. The monoisotopic (exact) mass is 613 g/mol. The van der Waals surface area contributed by atoms with Crippen molar-refractivity contribution in [2.75, 3.05) is 24.6 Å². The zero-order chi connectivity index (χ0) is 32.3. The van der Waals surface area contributed by atoms with Crippen LogP contribution >= 0.6 is 0 Å². The Morgan fingerprint density at radius 1 is 1.13 bits per heavy atom. The van der Waals surface area contributed by atoms with Crippen molar-refractivity contribution in [1.29, 1.82) is 0 Å². The highest BCUT2D eigenvalue weighted by Crippen LogP contribution is 2.39. The summed E-state index contributed by atoms with van der Waals surface area (Å²) in [6, 6.07) is 12.3. The van der Waals surface area contributed by atoms with E-state index in [1.54, 1.807) is 31.3 Å². The van der Waals surface area contributed by atoms with Crippen LogP contribution in [0.3, 0.4) is 0 Å². The second-order valence-corrected chi connectivity index (χ2v) is 11.9. The lowest BCUT2D eigenvalue weighted by molar-refractivity contribution is -0.147. The van der Waals surface area contributed by atoms with E-state index in [0.717, 1.165) is 16.7 Å². The van der Waals surface area contributed by atoms with Crippen LogP contribution in [0.4, 0.5) is 10.1 Å². The minimum absolute atomic E-state index is 0.178. The number of anilines is 1. The molecule has 0 aliphatic carbocycles. The number of hydrogen-bond acceptors (Lipinski definition) is 6. The van der Waals surface area contributed by atoms with Crippen LogP contribution in [0.5, 0.6) is 5.75 Å². The van der Waals surface area contributed by atoms with Crippen LogP contribution in [0.15, 0.2) is 80.2 Å². The molecule has 8 nitrogen and oxygen atoms in total. The number of benzene rings is 2. The third-order valence-electron chi connectivity index (χ3n) is 8.39. The number of pyridine rings is 1. The zero-order valence-electron chi connectivity index (χ0n) is 26.0. The van der Waals surface area contributed by atoms with Gasteiger partial charge in [-0.1, -0.05) is 30.4 Å². The van der Waals surface area contributed by atoms with E-state index in [1.165, 1.54) is 12.1 Å². The average molecular weight is 614 g/mol. The predicted molar refractivity (Wildman–Crippen MR) is 174 cm³/mol. The van der Waals surface area contributed by atoms with Gasteiger partial charge in [0.1, 0.15) is 11.6 Å². The quantitative estimate of drug-likeness (QED) is 0.164. The number of carboxylic acid groups (broad SMARTS) is 1. The van der Waals surface area contributed by atoms with Gasteiger partial charge in [-0.3, -0.25) is 0 Å². The summed E-state index contributed by atoms with van der Waals surface area (Å²) in [4.78, 5) is 19.1. The number of carbonyl (C=O) groups is 1. The molecule has 1 aliphatic heterocycles. The fourth-order valence-corrected chi connectivity index (χ4v) is 5.96. The Hall–Kier alpha value is -4.47. The van der Waals surface area contributed by atoms with E-state index in [2.05, 4.69) is 25.0 Å². The topological polar surface area (TPSA) is 96.5 Å². The maximum Gasteiger partial charge on any atom is 0.337 e. The van der Waals surface area contributed by atoms with Gasteiger partial charge in [-0.15, -0.1) is 13.2 Å². The number of aromatic nitrogens is 2. The molecule has 0 bridgehead atoms. The lowest BCUT2D eigenvalue weighted by Crippen LogP contribution is -2.45. The molecule has 4 aromatic rings. The third-order valence-corrected chi connectivity index (χ3v) is 8.39. The van der Waals surface area contributed by atoms with Gasteiger partial charge in [0.25, 0.3) is 0 Å². The highest BCUT2D eigenvalue weighted by Gasteiger charge is 2.35. The Balaban J connectivity index is 1.57. The van der Waals surface area contributed by atoms with Crippen LogP contribution < -0.4 is 9.64 Å². The fraction of sp³-hybridized carbons (Fsp3) is 0.333. The SMILES string of the molecule is C=CCOC1(C)CCN(c2c(C(O)C(=O)O)c(C)cn3cc(-c4cccc(-c5ccc(F)cc5O[C@@H](C)CC=C)c4)nc23)CC1. The smallest absolute Gasteiger partial charge is 0.337 e. The van der Waals surface area contributed by atoms with E-state index >= 15 is 0 Å². The van der Waals surface area contributed by atoms with Crippen LogP contribution in [0.25, 0.3) is 28.0 Å². The number of halogens is 1. The van der Waals surface area contributed by atoms with Crippen molar-refractivity contribution in [2.24, 2.45) is 0 Å². The summed E-state index contributed by atoms with van der Waals surface area (Å²) < 4.78 is 28.3. The first kappa shape index (κ1) is 31.9. The number of piperidine rings is 1. The molecule has 0 radical (unpaired) electrons. The molecule has 3 heterocycles. The normalized spacial score (nSPS) is 15.9. The van der Waals surface area contributed by atoms with E-state index in [-0.39, 0.29) is 17.5 Å². The first-order valence-corrected chi connectivity index (χ1v) is 15.1. The van der Waals surface area contributed by atoms with Crippen LogP contribution in [-0.4, -0.2) is 57.0 Å². The predicted octanol–water partition coefficient (Wildman–Crippen LogP) is 7.14. The standard InChI is InChI=1S/C36H40FN3O5/c1-6-9-24(4)45-30-20-27(37)12-13-28(30)25-10-8-11-26(19-25)29-22-40-21-23(3)31(33(41)35(42)43)32(34(40)38-29)39-16-14-36(5,15-17-39)44-18-7-2/h6-8,10-13,19-22,24,33,41H,1-2,9,14-18H2,3-5H3,(H,42,43)/t24-,33?/m0/s1. The molecule has 5 rings (SSSR count). The fourth-order valence-electron chi connectivity index (χ4n) is 5.96. The second kappa shape index (κ2) is 13.3. The van der Waals surface area contributed by atoms with Crippen LogP contribution in [0.1, 0.15) is 50.3 Å². The summed E-state index contributed by atoms with van der Waals surface area (Å²) in [6.07, 6.45) is 7.37. The minimum atomic E-state index is -1.71. The van der Waals surface area contributed by atoms with Gasteiger partial charge in [0.15, 0.2) is 11.8 Å². The number of aliphatic carboxylic acids is 1. The van der Waals surface area contributed by atoms with Crippen molar-refractivity contribution in [2.45, 2.75) is 57.8 Å². The first-order valence-electron chi connectivity index (χ1n) is 15.1. The summed E-state index contributed by atoms with van der Waals surface area (Å²) in [5.41, 5.74) is 4.86. The van der Waals surface area contributed by atoms with Gasteiger partial charge in [-0.2, -0.15) is 0 Å². The third kappa shape index (κ3) is 6.79. The van der Waals surface area contributed by atoms with Crippen LogP contribution in [-0.2, 0) is 9.53 Å². The number of carboxylic acids is 1. The molecule has 1 saturated heterocycles. The molecule has 236 valence electrons. The number of fused-ring (bicyclic) bond motifs is 1. The molecule has 2 aromatic carbocycles. The number of rotatable bonds is 12. The van der Waals surface area contributed by atoms with Gasteiger partial charge in [0.2, 0.25) is 0 Å². The molecule has 1 aliphatic rings. The van der Waals surface area contributed by atoms with Gasteiger partial charge >= 0.3 is 5.97 Å². The summed E-state index contributed by atoms with van der Waals surface area (Å²) in [5.74, 6) is -1.27. The second-order valence-electron chi connectivity index (χ2n) is 11.9. The first-order chi connectivity index (χ1) is 21.5. The average Bonchev–Trinajstić information content (AvgIpc) is 3.43.